The molecule has 146 valence electrons. The number of quaternary nitrogens is 2. The SMILES string of the molecule is C1CCC2=NCCC[N+]2(CCCC[N+]23CCCCCC2=NCCC3)CC1. The Morgan fingerprint density at radius 3 is 1.50 bits per heavy atom. The van der Waals surface area contributed by atoms with Crippen LogP contribution in [-0.4, -0.2) is 73.0 Å². The van der Waals surface area contributed by atoms with E-state index in [4.69, 9.17) is 9.98 Å². The monoisotopic (exact) mass is 360 g/mol. The second-order valence-electron chi connectivity index (χ2n) is 9.26. The largest absolute Gasteiger partial charge is 0.279 e. The third kappa shape index (κ3) is 3.91. The van der Waals surface area contributed by atoms with Crippen molar-refractivity contribution in [1.29, 1.82) is 0 Å². The van der Waals surface area contributed by atoms with Gasteiger partial charge in [-0.25, -0.2) is 9.98 Å². The minimum atomic E-state index is 1.09. The zero-order valence-corrected chi connectivity index (χ0v) is 16.9. The molecule has 0 aliphatic carbocycles. The van der Waals surface area contributed by atoms with Crippen LogP contribution in [0.1, 0.15) is 77.0 Å². The van der Waals surface area contributed by atoms with E-state index in [-0.39, 0.29) is 0 Å². The van der Waals surface area contributed by atoms with Gasteiger partial charge in [-0.3, -0.25) is 8.97 Å². The van der Waals surface area contributed by atoms with Crippen LogP contribution < -0.4 is 0 Å². The van der Waals surface area contributed by atoms with Gasteiger partial charge in [0.1, 0.15) is 0 Å². The Morgan fingerprint density at radius 1 is 0.538 bits per heavy atom. The van der Waals surface area contributed by atoms with Crippen LogP contribution in [0.4, 0.5) is 0 Å². The molecule has 26 heavy (non-hydrogen) atoms. The maximum Gasteiger partial charge on any atom is 0.198 e. The highest BCUT2D eigenvalue weighted by atomic mass is 15.4. The van der Waals surface area contributed by atoms with Crippen LogP contribution in [0.5, 0.6) is 0 Å². The Labute approximate surface area is 160 Å². The van der Waals surface area contributed by atoms with Crippen molar-refractivity contribution in [1.82, 2.24) is 0 Å². The van der Waals surface area contributed by atoms with Crippen molar-refractivity contribution in [3.05, 3.63) is 0 Å². The molecule has 0 saturated carbocycles. The smallest absolute Gasteiger partial charge is 0.198 e. The maximum atomic E-state index is 4.99. The Hall–Kier alpha value is -0.740. The van der Waals surface area contributed by atoms with E-state index in [2.05, 4.69) is 0 Å². The first kappa shape index (κ1) is 18.6. The molecular formula is C22H40N4+2. The predicted octanol–water partition coefficient (Wildman–Crippen LogP) is 4.15. The number of hydrogen-bond acceptors (Lipinski definition) is 2. The zero-order valence-electron chi connectivity index (χ0n) is 16.9. The van der Waals surface area contributed by atoms with E-state index in [1.54, 1.807) is 11.7 Å². The fourth-order valence-corrected chi connectivity index (χ4v) is 6.12. The highest BCUT2D eigenvalue weighted by Crippen LogP contribution is 2.28. The molecule has 4 aliphatic rings. The molecule has 0 spiro atoms. The van der Waals surface area contributed by atoms with Gasteiger partial charge in [-0.15, -0.1) is 0 Å². The minimum Gasteiger partial charge on any atom is -0.279 e. The molecule has 4 aliphatic heterocycles. The van der Waals surface area contributed by atoms with E-state index >= 15 is 0 Å². The van der Waals surface area contributed by atoms with Gasteiger partial charge in [0.05, 0.1) is 39.3 Å². The molecule has 0 aromatic heterocycles. The fraction of sp³-hybridized carbons (Fsp3) is 0.909. The molecule has 0 aromatic rings. The van der Waals surface area contributed by atoms with Crippen LogP contribution in [0.3, 0.4) is 0 Å². The second kappa shape index (κ2) is 8.52. The number of unbranched alkanes of at least 4 members (excludes halogenated alkanes) is 1. The highest BCUT2D eigenvalue weighted by Gasteiger charge is 2.39. The summed E-state index contributed by atoms with van der Waals surface area (Å²) in [5.41, 5.74) is 0. The van der Waals surface area contributed by atoms with Crippen LogP contribution in [0.25, 0.3) is 0 Å². The lowest BCUT2D eigenvalue weighted by atomic mass is 10.1. The lowest BCUT2D eigenvalue weighted by Crippen LogP contribution is -2.57. The third-order valence-electron chi connectivity index (χ3n) is 7.57. The Morgan fingerprint density at radius 2 is 1.00 bits per heavy atom. The van der Waals surface area contributed by atoms with E-state index < -0.39 is 0 Å². The summed E-state index contributed by atoms with van der Waals surface area (Å²) < 4.78 is 2.53. The number of aliphatic imine (C=N–C) groups is 2. The lowest BCUT2D eigenvalue weighted by Gasteiger charge is -2.42. The fourth-order valence-electron chi connectivity index (χ4n) is 6.12. The summed E-state index contributed by atoms with van der Waals surface area (Å²) in [6, 6.07) is 0. The topological polar surface area (TPSA) is 24.7 Å². The van der Waals surface area contributed by atoms with E-state index in [1.165, 1.54) is 125 Å². The lowest BCUT2D eigenvalue weighted by molar-refractivity contribution is -0.851. The molecule has 4 rings (SSSR count). The number of rotatable bonds is 5. The number of nitrogens with zero attached hydrogens (tertiary/aromatic N) is 4. The van der Waals surface area contributed by atoms with Gasteiger partial charge in [0, 0.05) is 51.6 Å². The summed E-state index contributed by atoms with van der Waals surface area (Å²) in [6.07, 6.45) is 16.3. The average Bonchev–Trinajstić information content (AvgIpc) is 3.02. The summed E-state index contributed by atoms with van der Waals surface area (Å²) in [7, 11) is 0. The Bertz CT molecular complexity index is 492. The minimum absolute atomic E-state index is 1.09. The van der Waals surface area contributed by atoms with Gasteiger partial charge in [-0.05, 0) is 38.5 Å². The van der Waals surface area contributed by atoms with Gasteiger partial charge in [0.15, 0.2) is 11.7 Å². The van der Waals surface area contributed by atoms with Gasteiger partial charge >= 0.3 is 0 Å². The Kier molecular flexibility index (Phi) is 6.10. The van der Waals surface area contributed by atoms with Crippen LogP contribution >= 0.6 is 0 Å². The molecule has 0 aromatic carbocycles. The van der Waals surface area contributed by atoms with Crippen molar-refractivity contribution < 1.29 is 8.97 Å². The molecule has 2 atom stereocenters. The van der Waals surface area contributed by atoms with Crippen LogP contribution in [0, 0.1) is 0 Å². The maximum absolute atomic E-state index is 4.99. The van der Waals surface area contributed by atoms with Gasteiger partial charge in [-0.1, -0.05) is 0 Å². The normalized spacial score (nSPS) is 35.4. The van der Waals surface area contributed by atoms with Gasteiger partial charge in [-0.2, -0.15) is 0 Å². The van der Waals surface area contributed by atoms with Crippen molar-refractivity contribution in [2.45, 2.75) is 77.0 Å². The molecular weight excluding hydrogens is 320 g/mol. The van der Waals surface area contributed by atoms with Gasteiger partial charge in [0.2, 0.25) is 0 Å². The zero-order chi connectivity index (χ0) is 17.7. The molecule has 0 radical (unpaired) electrons. The summed E-state index contributed by atoms with van der Waals surface area (Å²) in [5, 5.41) is 0. The summed E-state index contributed by atoms with van der Waals surface area (Å²) in [6.45, 7) is 10.4. The summed E-state index contributed by atoms with van der Waals surface area (Å²) in [4.78, 5) is 9.99. The quantitative estimate of drug-likeness (QED) is 0.520. The van der Waals surface area contributed by atoms with E-state index in [0.29, 0.717) is 0 Å². The molecule has 0 N–H and O–H groups in total. The first-order chi connectivity index (χ1) is 12.8. The van der Waals surface area contributed by atoms with Crippen LogP contribution in [0.15, 0.2) is 9.98 Å². The van der Waals surface area contributed by atoms with Crippen molar-refractivity contribution in [3.8, 4) is 0 Å². The molecule has 2 saturated heterocycles. The molecule has 2 unspecified atom stereocenters. The molecule has 0 bridgehead atoms. The van der Waals surface area contributed by atoms with Crippen molar-refractivity contribution in [2.24, 2.45) is 9.98 Å². The number of hydrogen-bond donors (Lipinski definition) is 0. The van der Waals surface area contributed by atoms with E-state index in [0.717, 1.165) is 13.1 Å². The van der Waals surface area contributed by atoms with Gasteiger partial charge in [0.25, 0.3) is 0 Å². The molecule has 2 fully saturated rings. The first-order valence-electron chi connectivity index (χ1n) is 11.6. The standard InChI is InChI=1S/C22H40N4/c1-3-11-21-23-13-9-19-25(21,15-5-1)17-7-8-18-26-16-6-2-4-12-22(26)24-14-10-20-26/h1-20H2/q+2. The van der Waals surface area contributed by atoms with Crippen LogP contribution in [-0.2, 0) is 0 Å². The molecule has 4 nitrogen and oxygen atoms in total. The van der Waals surface area contributed by atoms with Crippen molar-refractivity contribution in [3.63, 3.8) is 0 Å². The number of fused-ring (bicyclic) bond motifs is 2. The third-order valence-corrected chi connectivity index (χ3v) is 7.57. The highest BCUT2D eigenvalue weighted by molar-refractivity contribution is 5.76. The molecule has 4 heteroatoms. The molecule has 0 amide bonds. The average molecular weight is 361 g/mol. The molecule has 4 heterocycles. The van der Waals surface area contributed by atoms with Crippen molar-refractivity contribution >= 4 is 11.7 Å². The summed E-state index contributed by atoms with van der Waals surface area (Å²) in [5.74, 6) is 3.13. The Balaban J connectivity index is 1.36. The summed E-state index contributed by atoms with van der Waals surface area (Å²) >= 11 is 0. The van der Waals surface area contributed by atoms with E-state index in [1.807, 2.05) is 0 Å². The van der Waals surface area contributed by atoms with Crippen LogP contribution in [0.2, 0.25) is 0 Å². The first-order valence-corrected chi connectivity index (χ1v) is 11.6. The predicted molar refractivity (Wildman–Crippen MR) is 110 cm³/mol. The van der Waals surface area contributed by atoms with Gasteiger partial charge < -0.3 is 0 Å². The van der Waals surface area contributed by atoms with Crippen molar-refractivity contribution in [2.75, 3.05) is 52.4 Å². The second-order valence-corrected chi connectivity index (χ2v) is 9.26. The number of amidine groups is 2. The van der Waals surface area contributed by atoms with E-state index in [9.17, 15) is 0 Å².